The second-order valence-electron chi connectivity index (χ2n) is 8.02. The van der Waals surface area contributed by atoms with E-state index in [1.165, 1.54) is 5.56 Å². The zero-order valence-corrected chi connectivity index (χ0v) is 16.8. The van der Waals surface area contributed by atoms with Crippen molar-refractivity contribution < 1.29 is 9.59 Å². The number of carbonyl (C=O) groups is 2. The van der Waals surface area contributed by atoms with E-state index in [0.717, 1.165) is 58.4 Å². The number of likely N-dealkylation sites (N-methyl/N-ethyl adjacent to an activating group) is 1. The molecule has 1 heterocycles. The van der Waals surface area contributed by atoms with Gasteiger partial charge in [0.15, 0.2) is 0 Å². The summed E-state index contributed by atoms with van der Waals surface area (Å²) < 4.78 is 0. The molecule has 1 aromatic rings. The molecule has 2 fully saturated rings. The average molecular weight is 372 g/mol. The molecule has 3 rings (SSSR count). The molecule has 0 radical (unpaired) electrons. The number of benzene rings is 1. The zero-order chi connectivity index (χ0) is 19.2. The van der Waals surface area contributed by atoms with Gasteiger partial charge in [-0.25, -0.2) is 0 Å². The summed E-state index contributed by atoms with van der Waals surface area (Å²) in [6.45, 7) is 7.06. The third-order valence-corrected chi connectivity index (χ3v) is 6.15. The molecule has 2 amide bonds. The minimum atomic E-state index is 0.0743. The van der Waals surface area contributed by atoms with Crippen molar-refractivity contribution in [1.82, 2.24) is 14.7 Å². The zero-order valence-electron chi connectivity index (χ0n) is 16.8. The van der Waals surface area contributed by atoms with E-state index in [4.69, 9.17) is 0 Å². The molecule has 148 valence electrons. The van der Waals surface area contributed by atoms with Gasteiger partial charge in [0.25, 0.3) is 0 Å². The number of amides is 2. The summed E-state index contributed by atoms with van der Waals surface area (Å²) in [5.41, 5.74) is 1.17. The van der Waals surface area contributed by atoms with Gasteiger partial charge < -0.3 is 14.7 Å². The monoisotopic (exact) mass is 371 g/mol. The number of rotatable bonds is 5. The molecule has 1 aliphatic heterocycles. The molecule has 1 saturated heterocycles. The smallest absolute Gasteiger partial charge is 0.225 e. The Morgan fingerprint density at radius 1 is 0.963 bits per heavy atom. The lowest BCUT2D eigenvalue weighted by molar-refractivity contribution is -0.142. The Morgan fingerprint density at radius 3 is 2.15 bits per heavy atom. The molecule has 0 atom stereocenters. The van der Waals surface area contributed by atoms with Crippen LogP contribution in [-0.4, -0.2) is 66.3 Å². The van der Waals surface area contributed by atoms with Crippen LogP contribution in [0.5, 0.6) is 0 Å². The van der Waals surface area contributed by atoms with Crippen LogP contribution in [-0.2, 0) is 16.1 Å². The number of piperazine rings is 1. The first kappa shape index (κ1) is 19.9. The fraction of sp³-hybridized carbons (Fsp3) is 0.636. The van der Waals surface area contributed by atoms with Gasteiger partial charge in [0, 0.05) is 51.1 Å². The van der Waals surface area contributed by atoms with Gasteiger partial charge in [-0.05, 0) is 45.2 Å². The number of hydrogen-bond donors (Lipinski definition) is 0. The first-order chi connectivity index (χ1) is 13.1. The summed E-state index contributed by atoms with van der Waals surface area (Å²) in [5.74, 6) is 0.754. The molecule has 0 bridgehead atoms. The van der Waals surface area contributed by atoms with Crippen LogP contribution in [0.1, 0.15) is 38.2 Å². The van der Waals surface area contributed by atoms with E-state index < -0.39 is 0 Å². The van der Waals surface area contributed by atoms with Crippen molar-refractivity contribution >= 4 is 11.8 Å². The van der Waals surface area contributed by atoms with Crippen LogP contribution in [0.25, 0.3) is 0 Å². The predicted octanol–water partition coefficient (Wildman–Crippen LogP) is 2.62. The van der Waals surface area contributed by atoms with Crippen LogP contribution in [0.15, 0.2) is 30.3 Å². The number of nitrogens with zero attached hydrogens (tertiary/aromatic N) is 3. The maximum Gasteiger partial charge on any atom is 0.225 e. The Bertz CT molecular complexity index is 618. The van der Waals surface area contributed by atoms with Gasteiger partial charge in [0.1, 0.15) is 0 Å². The largest absolute Gasteiger partial charge is 0.340 e. The highest BCUT2D eigenvalue weighted by Gasteiger charge is 2.34. The van der Waals surface area contributed by atoms with Crippen LogP contribution in [0.2, 0.25) is 0 Å². The molecule has 5 heteroatoms. The van der Waals surface area contributed by atoms with Gasteiger partial charge in [-0.15, -0.1) is 0 Å². The number of hydrogen-bond acceptors (Lipinski definition) is 3. The summed E-state index contributed by atoms with van der Waals surface area (Å²) in [7, 11) is 2.10. The second-order valence-corrected chi connectivity index (χ2v) is 8.02. The van der Waals surface area contributed by atoms with Gasteiger partial charge in [0.05, 0.1) is 0 Å². The molecule has 0 unspecified atom stereocenters. The fourth-order valence-corrected chi connectivity index (χ4v) is 4.28. The summed E-state index contributed by atoms with van der Waals surface area (Å²) in [5, 5.41) is 0. The molecule has 5 nitrogen and oxygen atoms in total. The first-order valence-corrected chi connectivity index (χ1v) is 10.4. The lowest BCUT2D eigenvalue weighted by Gasteiger charge is -2.37. The van der Waals surface area contributed by atoms with Gasteiger partial charge in [0.2, 0.25) is 11.8 Å². The van der Waals surface area contributed by atoms with Crippen LogP contribution in [0.3, 0.4) is 0 Å². The molecule has 1 saturated carbocycles. The maximum atomic E-state index is 13.0. The summed E-state index contributed by atoms with van der Waals surface area (Å²) in [6, 6.07) is 10.2. The van der Waals surface area contributed by atoms with E-state index in [1.54, 1.807) is 0 Å². The Hall–Kier alpha value is -1.88. The molecule has 0 N–H and O–H groups in total. The quantitative estimate of drug-likeness (QED) is 0.799. The lowest BCUT2D eigenvalue weighted by Crippen LogP contribution is -2.49. The molecule has 0 aromatic heterocycles. The van der Waals surface area contributed by atoms with E-state index in [2.05, 4.69) is 24.1 Å². The SMILES string of the molecule is CCN(Cc1ccccc1)C(=O)C1CCC(C(=O)N2CCN(C)CC2)CC1. The third-order valence-electron chi connectivity index (χ3n) is 6.15. The molecule has 2 aliphatic rings. The van der Waals surface area contributed by atoms with Crippen molar-refractivity contribution in [2.45, 2.75) is 39.2 Å². The molecule has 1 aliphatic carbocycles. The van der Waals surface area contributed by atoms with Gasteiger partial charge >= 0.3 is 0 Å². The minimum absolute atomic E-state index is 0.0743. The Labute approximate surface area is 163 Å². The Balaban J connectivity index is 1.50. The van der Waals surface area contributed by atoms with Crippen molar-refractivity contribution in [3.05, 3.63) is 35.9 Å². The maximum absolute atomic E-state index is 13.0. The minimum Gasteiger partial charge on any atom is -0.340 e. The first-order valence-electron chi connectivity index (χ1n) is 10.4. The number of carbonyl (C=O) groups excluding carboxylic acids is 2. The molecule has 1 aromatic carbocycles. The van der Waals surface area contributed by atoms with E-state index in [1.807, 2.05) is 34.9 Å². The molecular formula is C22H33N3O2. The normalized spacial score (nSPS) is 23.9. The van der Waals surface area contributed by atoms with Crippen LogP contribution in [0, 0.1) is 11.8 Å². The topological polar surface area (TPSA) is 43.9 Å². The highest BCUT2D eigenvalue weighted by Crippen LogP contribution is 2.31. The Morgan fingerprint density at radius 2 is 1.56 bits per heavy atom. The fourth-order valence-electron chi connectivity index (χ4n) is 4.28. The van der Waals surface area contributed by atoms with E-state index in [0.29, 0.717) is 12.5 Å². The Kier molecular flexibility index (Phi) is 6.89. The third kappa shape index (κ3) is 5.10. The second kappa shape index (κ2) is 9.36. The van der Waals surface area contributed by atoms with Crippen molar-refractivity contribution in [1.29, 1.82) is 0 Å². The van der Waals surface area contributed by atoms with Crippen LogP contribution >= 0.6 is 0 Å². The van der Waals surface area contributed by atoms with Gasteiger partial charge in [-0.2, -0.15) is 0 Å². The van der Waals surface area contributed by atoms with Crippen molar-refractivity contribution in [2.24, 2.45) is 11.8 Å². The van der Waals surface area contributed by atoms with E-state index >= 15 is 0 Å². The lowest BCUT2D eigenvalue weighted by atomic mass is 9.80. The van der Waals surface area contributed by atoms with Crippen LogP contribution in [0.4, 0.5) is 0 Å². The van der Waals surface area contributed by atoms with Gasteiger partial charge in [-0.3, -0.25) is 9.59 Å². The average Bonchev–Trinajstić information content (AvgIpc) is 2.72. The van der Waals surface area contributed by atoms with Crippen molar-refractivity contribution in [3.63, 3.8) is 0 Å². The summed E-state index contributed by atoms with van der Waals surface area (Å²) in [6.07, 6.45) is 3.39. The van der Waals surface area contributed by atoms with Crippen molar-refractivity contribution in [2.75, 3.05) is 39.8 Å². The molecule has 0 spiro atoms. The summed E-state index contributed by atoms with van der Waals surface area (Å²) in [4.78, 5) is 32.0. The predicted molar refractivity (Wildman–Crippen MR) is 107 cm³/mol. The highest BCUT2D eigenvalue weighted by molar-refractivity contribution is 5.81. The van der Waals surface area contributed by atoms with Crippen molar-refractivity contribution in [3.8, 4) is 0 Å². The van der Waals surface area contributed by atoms with E-state index in [9.17, 15) is 9.59 Å². The summed E-state index contributed by atoms with van der Waals surface area (Å²) >= 11 is 0. The standard InChI is InChI=1S/C22H33N3O2/c1-3-24(17-18-7-5-4-6-8-18)21(26)19-9-11-20(12-10-19)22(27)25-15-13-23(2)14-16-25/h4-8,19-20H,3,9-17H2,1-2H3. The van der Waals surface area contributed by atoms with Crippen LogP contribution < -0.4 is 0 Å². The molecular weight excluding hydrogens is 338 g/mol. The highest BCUT2D eigenvalue weighted by atomic mass is 16.2. The van der Waals surface area contributed by atoms with Gasteiger partial charge in [-0.1, -0.05) is 30.3 Å². The molecule has 27 heavy (non-hydrogen) atoms. The van der Waals surface area contributed by atoms with E-state index in [-0.39, 0.29) is 17.7 Å².